The number of aromatic nitrogens is 2. The highest BCUT2D eigenvalue weighted by Gasteiger charge is 2.25. The number of halogens is 1. The van der Waals surface area contributed by atoms with Crippen molar-refractivity contribution in [2.45, 2.75) is 25.9 Å². The van der Waals surface area contributed by atoms with Gasteiger partial charge in [0.25, 0.3) is 0 Å². The Morgan fingerprint density at radius 2 is 2.16 bits per heavy atom. The minimum absolute atomic E-state index is 0.105. The number of hydrogen-bond donors (Lipinski definition) is 1. The Balaban J connectivity index is 2.50. The zero-order valence-electron chi connectivity index (χ0n) is 11.5. The summed E-state index contributed by atoms with van der Waals surface area (Å²) >= 11 is 3.33. The summed E-state index contributed by atoms with van der Waals surface area (Å²) in [6.07, 6.45) is 1.73. The maximum absolute atomic E-state index is 5.65. The molecule has 104 valence electrons. The van der Waals surface area contributed by atoms with Gasteiger partial charge in [-0.3, -0.25) is 4.68 Å². The van der Waals surface area contributed by atoms with Crippen LogP contribution in [-0.4, -0.2) is 23.9 Å². The zero-order chi connectivity index (χ0) is 14.0. The fraction of sp³-hybridized carbons (Fsp3) is 0.462. The number of nitrogens with zero attached hydrogens (tertiary/aromatic N) is 2. The first-order chi connectivity index (χ1) is 9.08. The highest BCUT2D eigenvalue weighted by molar-refractivity contribution is 9.10. The van der Waals surface area contributed by atoms with E-state index in [-0.39, 0.29) is 12.1 Å². The highest BCUT2D eigenvalue weighted by atomic mass is 79.9. The van der Waals surface area contributed by atoms with Crippen LogP contribution in [0.1, 0.15) is 37.4 Å². The normalized spacial score (nSPS) is 12.9. The van der Waals surface area contributed by atoms with Gasteiger partial charge in [0.05, 0.1) is 13.3 Å². The summed E-state index contributed by atoms with van der Waals surface area (Å²) in [4.78, 5) is 0. The van der Waals surface area contributed by atoms with E-state index in [0.29, 0.717) is 4.67 Å². The molecule has 0 aliphatic carbocycles. The van der Waals surface area contributed by atoms with Crippen LogP contribution < -0.4 is 10.1 Å². The van der Waals surface area contributed by atoms with Gasteiger partial charge in [-0.1, -0.05) is 0 Å². The van der Waals surface area contributed by atoms with E-state index in [2.05, 4.69) is 40.2 Å². The average molecular weight is 328 g/mol. The number of methoxy groups -OCH3 is 1. The van der Waals surface area contributed by atoms with Gasteiger partial charge < -0.3 is 14.5 Å². The van der Waals surface area contributed by atoms with Gasteiger partial charge in [0.2, 0.25) is 0 Å². The van der Waals surface area contributed by atoms with Crippen molar-refractivity contribution in [1.82, 2.24) is 15.1 Å². The van der Waals surface area contributed by atoms with E-state index >= 15 is 0 Å². The fourth-order valence-electron chi connectivity index (χ4n) is 2.10. The van der Waals surface area contributed by atoms with Crippen LogP contribution in [0.15, 0.2) is 27.4 Å². The largest absolute Gasteiger partial charge is 0.493 e. The maximum atomic E-state index is 5.65. The zero-order valence-corrected chi connectivity index (χ0v) is 13.1. The number of hydrogen-bond acceptors (Lipinski definition) is 4. The SMILES string of the molecule is CNC(c1ccc(Br)o1)c1c(OC)cnn1C(C)C. The molecule has 0 aromatic carbocycles. The van der Waals surface area contributed by atoms with E-state index in [9.17, 15) is 0 Å². The lowest BCUT2D eigenvalue weighted by Crippen LogP contribution is -2.22. The van der Waals surface area contributed by atoms with Gasteiger partial charge in [-0.05, 0) is 49.0 Å². The third-order valence-electron chi connectivity index (χ3n) is 2.95. The predicted octanol–water partition coefficient (Wildman–Crippen LogP) is 3.14. The van der Waals surface area contributed by atoms with E-state index < -0.39 is 0 Å². The third-order valence-corrected chi connectivity index (χ3v) is 3.37. The van der Waals surface area contributed by atoms with Gasteiger partial charge in [-0.2, -0.15) is 5.10 Å². The quantitative estimate of drug-likeness (QED) is 0.916. The molecule has 1 atom stereocenters. The molecule has 1 N–H and O–H groups in total. The van der Waals surface area contributed by atoms with Crippen molar-refractivity contribution < 1.29 is 9.15 Å². The molecule has 0 spiro atoms. The molecule has 1 unspecified atom stereocenters. The van der Waals surface area contributed by atoms with Crippen LogP contribution in [0.3, 0.4) is 0 Å². The van der Waals surface area contributed by atoms with Crippen LogP contribution in [-0.2, 0) is 0 Å². The average Bonchev–Trinajstić information content (AvgIpc) is 2.97. The minimum Gasteiger partial charge on any atom is -0.493 e. The van der Waals surface area contributed by atoms with Gasteiger partial charge in [-0.25, -0.2) is 0 Å². The Kier molecular flexibility index (Phi) is 4.31. The molecule has 5 nitrogen and oxygen atoms in total. The molecule has 0 saturated heterocycles. The van der Waals surface area contributed by atoms with Crippen molar-refractivity contribution in [2.75, 3.05) is 14.2 Å². The molecule has 2 rings (SSSR count). The van der Waals surface area contributed by atoms with Crippen molar-refractivity contribution in [3.05, 3.63) is 34.5 Å². The number of furan rings is 1. The minimum atomic E-state index is -0.105. The van der Waals surface area contributed by atoms with Crippen LogP contribution in [0.25, 0.3) is 0 Å². The maximum Gasteiger partial charge on any atom is 0.169 e. The standard InChI is InChI=1S/C13H18BrN3O2/c1-8(2)17-13(10(18-4)7-16-17)12(15-3)9-5-6-11(14)19-9/h5-8,12,15H,1-4H3. The van der Waals surface area contributed by atoms with E-state index in [4.69, 9.17) is 9.15 Å². The molecule has 19 heavy (non-hydrogen) atoms. The van der Waals surface area contributed by atoms with Gasteiger partial charge in [-0.15, -0.1) is 0 Å². The molecular formula is C13H18BrN3O2. The van der Waals surface area contributed by atoms with E-state index in [0.717, 1.165) is 17.2 Å². The van der Waals surface area contributed by atoms with Crippen LogP contribution >= 0.6 is 15.9 Å². The summed E-state index contributed by atoms with van der Waals surface area (Å²) < 4.78 is 13.7. The predicted molar refractivity (Wildman–Crippen MR) is 76.5 cm³/mol. The second kappa shape index (κ2) is 5.79. The van der Waals surface area contributed by atoms with Gasteiger partial charge in [0.1, 0.15) is 17.5 Å². The summed E-state index contributed by atoms with van der Waals surface area (Å²) in [6, 6.07) is 3.95. The first kappa shape index (κ1) is 14.1. The first-order valence-electron chi connectivity index (χ1n) is 6.12. The van der Waals surface area contributed by atoms with Crippen molar-refractivity contribution >= 4 is 15.9 Å². The van der Waals surface area contributed by atoms with Crippen molar-refractivity contribution in [3.8, 4) is 5.75 Å². The monoisotopic (exact) mass is 327 g/mol. The molecule has 2 aromatic rings. The van der Waals surface area contributed by atoms with Gasteiger partial charge in [0, 0.05) is 6.04 Å². The van der Waals surface area contributed by atoms with Crippen molar-refractivity contribution in [2.24, 2.45) is 0 Å². The number of rotatable bonds is 5. The molecule has 2 aromatic heterocycles. The van der Waals surface area contributed by atoms with Crippen molar-refractivity contribution in [3.63, 3.8) is 0 Å². The lowest BCUT2D eigenvalue weighted by atomic mass is 10.1. The molecule has 0 aliphatic heterocycles. The Morgan fingerprint density at radius 3 is 2.63 bits per heavy atom. The summed E-state index contributed by atoms with van der Waals surface area (Å²) in [5, 5.41) is 7.63. The van der Waals surface area contributed by atoms with E-state index in [1.54, 1.807) is 13.3 Å². The Labute approximate surface area is 121 Å². The summed E-state index contributed by atoms with van der Waals surface area (Å²) in [5.41, 5.74) is 0.960. The van der Waals surface area contributed by atoms with Gasteiger partial charge >= 0.3 is 0 Å². The van der Waals surface area contributed by atoms with Gasteiger partial charge in [0.15, 0.2) is 10.4 Å². The Bertz CT molecular complexity index is 548. The first-order valence-corrected chi connectivity index (χ1v) is 6.91. The summed E-state index contributed by atoms with van der Waals surface area (Å²) in [5.74, 6) is 1.57. The fourth-order valence-corrected chi connectivity index (χ4v) is 2.42. The smallest absolute Gasteiger partial charge is 0.169 e. The van der Waals surface area contributed by atoms with Crippen LogP contribution in [0, 0.1) is 0 Å². The molecule has 0 fully saturated rings. The molecule has 0 saturated carbocycles. The second-order valence-corrected chi connectivity index (χ2v) is 5.28. The second-order valence-electron chi connectivity index (χ2n) is 4.50. The molecule has 0 bridgehead atoms. The van der Waals surface area contributed by atoms with Crippen LogP contribution in [0.4, 0.5) is 0 Å². The third kappa shape index (κ3) is 2.69. The molecule has 0 amide bonds. The molecule has 6 heteroatoms. The van der Waals surface area contributed by atoms with Crippen molar-refractivity contribution in [1.29, 1.82) is 0 Å². The molecule has 0 radical (unpaired) electrons. The molecule has 0 aliphatic rings. The molecule has 2 heterocycles. The Hall–Kier alpha value is -1.27. The molecular weight excluding hydrogens is 310 g/mol. The number of nitrogens with one attached hydrogen (secondary N) is 1. The van der Waals surface area contributed by atoms with Crippen LogP contribution in [0.2, 0.25) is 0 Å². The lowest BCUT2D eigenvalue weighted by Gasteiger charge is -2.19. The summed E-state index contributed by atoms with van der Waals surface area (Å²) in [6.45, 7) is 4.17. The topological polar surface area (TPSA) is 52.2 Å². The summed E-state index contributed by atoms with van der Waals surface area (Å²) in [7, 11) is 3.54. The van der Waals surface area contributed by atoms with E-state index in [1.165, 1.54) is 0 Å². The van der Waals surface area contributed by atoms with Crippen LogP contribution in [0.5, 0.6) is 5.75 Å². The lowest BCUT2D eigenvalue weighted by molar-refractivity contribution is 0.379. The Morgan fingerprint density at radius 1 is 1.42 bits per heavy atom. The van der Waals surface area contributed by atoms with E-state index in [1.807, 2.05) is 23.9 Å². The number of ether oxygens (including phenoxy) is 1. The highest BCUT2D eigenvalue weighted by Crippen LogP contribution is 2.33.